The Kier molecular flexibility index (Phi) is 7.79. The first kappa shape index (κ1) is 27.0. The minimum absolute atomic E-state index is 0.202. The van der Waals surface area contributed by atoms with Crippen molar-refractivity contribution in [2.24, 2.45) is 4.99 Å². The van der Waals surface area contributed by atoms with Crippen LogP contribution in [-0.2, 0) is 9.53 Å². The van der Waals surface area contributed by atoms with Crippen LogP contribution in [0.4, 0.5) is 0 Å². The number of thiazole rings is 1. The van der Waals surface area contributed by atoms with Gasteiger partial charge in [0.15, 0.2) is 4.80 Å². The maximum absolute atomic E-state index is 13.8. The molecule has 200 valence electrons. The number of benzene rings is 2. The lowest BCUT2D eigenvalue weighted by atomic mass is 9.96. The van der Waals surface area contributed by atoms with Crippen molar-refractivity contribution in [2.75, 3.05) is 13.2 Å². The molecular formula is C29H24Cl2N2O5S. The van der Waals surface area contributed by atoms with Crippen LogP contribution < -0.4 is 19.6 Å². The highest BCUT2D eigenvalue weighted by atomic mass is 35.5. The van der Waals surface area contributed by atoms with Crippen LogP contribution in [0.5, 0.6) is 5.75 Å². The van der Waals surface area contributed by atoms with Gasteiger partial charge in [0.1, 0.15) is 17.3 Å². The number of esters is 1. The highest BCUT2D eigenvalue weighted by Gasteiger charge is 2.33. The molecule has 3 heterocycles. The highest BCUT2D eigenvalue weighted by Crippen LogP contribution is 2.35. The Balaban J connectivity index is 1.62. The summed E-state index contributed by atoms with van der Waals surface area (Å²) in [6, 6.07) is 15.4. The van der Waals surface area contributed by atoms with Crippen LogP contribution in [0.2, 0.25) is 10.0 Å². The van der Waals surface area contributed by atoms with E-state index in [-0.39, 0.29) is 12.2 Å². The Bertz CT molecular complexity index is 1770. The number of carbonyl (C=O) groups excluding carboxylic acids is 1. The molecule has 0 N–H and O–H groups in total. The Morgan fingerprint density at radius 3 is 2.59 bits per heavy atom. The second-order valence-electron chi connectivity index (χ2n) is 8.61. The zero-order valence-electron chi connectivity index (χ0n) is 21.4. The zero-order chi connectivity index (χ0) is 27.7. The zero-order valence-corrected chi connectivity index (χ0v) is 23.7. The number of ether oxygens (including phenoxy) is 2. The number of allylic oxidation sites excluding steroid dienone is 1. The van der Waals surface area contributed by atoms with E-state index in [4.69, 9.17) is 37.1 Å². The van der Waals surface area contributed by atoms with Crippen molar-refractivity contribution in [1.29, 1.82) is 0 Å². The molecule has 5 rings (SSSR count). The van der Waals surface area contributed by atoms with Gasteiger partial charge in [0.05, 0.1) is 45.1 Å². The van der Waals surface area contributed by atoms with Crippen molar-refractivity contribution < 1.29 is 18.7 Å². The predicted molar refractivity (Wildman–Crippen MR) is 152 cm³/mol. The Morgan fingerprint density at radius 2 is 1.87 bits per heavy atom. The second kappa shape index (κ2) is 11.3. The third-order valence-corrected chi connectivity index (χ3v) is 7.94. The lowest BCUT2D eigenvalue weighted by Crippen LogP contribution is -2.39. The molecule has 4 aromatic rings. The van der Waals surface area contributed by atoms with E-state index >= 15 is 0 Å². The van der Waals surface area contributed by atoms with E-state index in [9.17, 15) is 9.59 Å². The van der Waals surface area contributed by atoms with Gasteiger partial charge in [-0.25, -0.2) is 9.79 Å². The normalized spacial score (nSPS) is 15.2. The van der Waals surface area contributed by atoms with Crippen molar-refractivity contribution in [3.8, 4) is 17.1 Å². The standard InChI is InChI=1S/C29H24Cl2N2O5S/c1-4-36-18-11-9-17(10-12-18)26-24(28(35)37-5-2)16(3)32-29-33(26)27(34)23(39-29)15-19-13-14-22(38-19)20-7-6-8-21(30)25(20)31/h6-15,26H,4-5H2,1-3H3/b23-15-/t26-/m1/s1. The maximum Gasteiger partial charge on any atom is 0.338 e. The van der Waals surface area contributed by atoms with Crippen LogP contribution in [0.3, 0.4) is 0 Å². The lowest BCUT2D eigenvalue weighted by molar-refractivity contribution is -0.139. The number of halogens is 2. The molecule has 39 heavy (non-hydrogen) atoms. The van der Waals surface area contributed by atoms with Crippen molar-refractivity contribution >= 4 is 46.6 Å². The summed E-state index contributed by atoms with van der Waals surface area (Å²) in [5.74, 6) is 1.17. The van der Waals surface area contributed by atoms with E-state index in [0.29, 0.717) is 60.1 Å². The summed E-state index contributed by atoms with van der Waals surface area (Å²) in [5, 5.41) is 0.805. The first-order valence-electron chi connectivity index (χ1n) is 12.3. The molecule has 10 heteroatoms. The summed E-state index contributed by atoms with van der Waals surface area (Å²) in [7, 11) is 0. The predicted octanol–water partition coefficient (Wildman–Crippen LogP) is 5.76. The monoisotopic (exact) mass is 582 g/mol. The first-order chi connectivity index (χ1) is 18.8. The molecule has 0 spiro atoms. The molecule has 0 fully saturated rings. The van der Waals surface area contributed by atoms with E-state index in [1.54, 1.807) is 50.3 Å². The summed E-state index contributed by atoms with van der Waals surface area (Å²) in [5.41, 5.74) is 1.90. The van der Waals surface area contributed by atoms with Gasteiger partial charge in [0.2, 0.25) is 0 Å². The number of carbonyl (C=O) groups is 1. The van der Waals surface area contributed by atoms with Gasteiger partial charge in [-0.1, -0.05) is 52.7 Å². The van der Waals surface area contributed by atoms with Crippen molar-refractivity contribution in [3.05, 3.63) is 107 Å². The van der Waals surface area contributed by atoms with Crippen LogP contribution in [0.15, 0.2) is 80.1 Å². The molecule has 1 atom stereocenters. The number of fused-ring (bicyclic) bond motifs is 1. The van der Waals surface area contributed by atoms with Crippen LogP contribution in [0.25, 0.3) is 17.4 Å². The third kappa shape index (κ3) is 5.20. The fraction of sp³-hybridized carbons (Fsp3) is 0.207. The Morgan fingerprint density at radius 1 is 1.10 bits per heavy atom. The molecule has 2 aromatic heterocycles. The van der Waals surface area contributed by atoms with Crippen LogP contribution in [-0.4, -0.2) is 23.8 Å². The van der Waals surface area contributed by atoms with E-state index in [2.05, 4.69) is 4.99 Å². The molecule has 0 saturated heterocycles. The van der Waals surface area contributed by atoms with Gasteiger partial charge < -0.3 is 13.9 Å². The number of hydrogen-bond donors (Lipinski definition) is 0. The van der Waals surface area contributed by atoms with Crippen LogP contribution in [0.1, 0.15) is 38.1 Å². The number of hydrogen-bond acceptors (Lipinski definition) is 7. The van der Waals surface area contributed by atoms with Crippen LogP contribution in [0, 0.1) is 0 Å². The molecule has 0 unspecified atom stereocenters. The molecule has 0 amide bonds. The van der Waals surface area contributed by atoms with Crippen molar-refractivity contribution in [2.45, 2.75) is 26.8 Å². The van der Waals surface area contributed by atoms with Gasteiger partial charge in [-0.2, -0.15) is 0 Å². The van der Waals surface area contributed by atoms with E-state index < -0.39 is 12.0 Å². The quantitative estimate of drug-likeness (QED) is 0.258. The van der Waals surface area contributed by atoms with E-state index in [1.165, 1.54) is 15.9 Å². The molecule has 1 aliphatic heterocycles. The van der Waals surface area contributed by atoms with Gasteiger partial charge in [0, 0.05) is 11.6 Å². The van der Waals surface area contributed by atoms with Gasteiger partial charge in [-0.05, 0) is 62.7 Å². The molecule has 0 saturated carbocycles. The smallest absolute Gasteiger partial charge is 0.338 e. The summed E-state index contributed by atoms with van der Waals surface area (Å²) < 4.78 is 18.8. The summed E-state index contributed by atoms with van der Waals surface area (Å²) in [6.07, 6.45) is 1.66. The minimum Gasteiger partial charge on any atom is -0.494 e. The van der Waals surface area contributed by atoms with Crippen molar-refractivity contribution in [3.63, 3.8) is 0 Å². The summed E-state index contributed by atoms with van der Waals surface area (Å²) >= 11 is 13.7. The number of aromatic nitrogens is 1. The molecule has 0 bridgehead atoms. The number of nitrogens with zero attached hydrogens (tertiary/aromatic N) is 2. The Labute approximate surface area is 238 Å². The van der Waals surface area contributed by atoms with Crippen molar-refractivity contribution in [1.82, 2.24) is 4.57 Å². The molecule has 0 aliphatic carbocycles. The molecule has 0 radical (unpaired) electrons. The highest BCUT2D eigenvalue weighted by molar-refractivity contribution is 7.07. The number of furan rings is 1. The summed E-state index contributed by atoms with van der Waals surface area (Å²) in [6.45, 7) is 6.12. The maximum atomic E-state index is 13.8. The topological polar surface area (TPSA) is 83.0 Å². The SMILES string of the molecule is CCOC(=O)C1=C(C)N=c2s/c(=C\c3ccc(-c4cccc(Cl)c4Cl)o3)c(=O)n2[C@@H]1c1ccc(OCC)cc1. The fourth-order valence-corrected chi connectivity index (χ4v) is 5.84. The Hall–Kier alpha value is -3.59. The molecular weight excluding hydrogens is 559 g/mol. The third-order valence-electron chi connectivity index (χ3n) is 6.14. The van der Waals surface area contributed by atoms with Gasteiger partial charge in [-0.15, -0.1) is 0 Å². The first-order valence-corrected chi connectivity index (χ1v) is 13.9. The van der Waals surface area contributed by atoms with Gasteiger partial charge in [0.25, 0.3) is 5.56 Å². The van der Waals surface area contributed by atoms with Gasteiger partial charge >= 0.3 is 5.97 Å². The second-order valence-corrected chi connectivity index (χ2v) is 10.4. The summed E-state index contributed by atoms with van der Waals surface area (Å²) in [4.78, 5) is 31.9. The molecule has 2 aromatic carbocycles. The lowest BCUT2D eigenvalue weighted by Gasteiger charge is -2.24. The largest absolute Gasteiger partial charge is 0.494 e. The van der Waals surface area contributed by atoms with Crippen LogP contribution >= 0.6 is 34.5 Å². The average molecular weight is 583 g/mol. The number of rotatable bonds is 7. The fourth-order valence-electron chi connectivity index (χ4n) is 4.42. The molecule has 1 aliphatic rings. The van der Waals surface area contributed by atoms with E-state index in [0.717, 1.165) is 5.56 Å². The average Bonchev–Trinajstić information content (AvgIpc) is 3.50. The molecule has 7 nitrogen and oxygen atoms in total. The van der Waals surface area contributed by atoms with Gasteiger partial charge in [-0.3, -0.25) is 9.36 Å². The minimum atomic E-state index is -0.712. The van der Waals surface area contributed by atoms with E-state index in [1.807, 2.05) is 31.2 Å².